The first kappa shape index (κ1) is 30.9. The molecular formula is C32H41N9O3. The molecule has 4 heterocycles. The summed E-state index contributed by atoms with van der Waals surface area (Å²) >= 11 is 0. The van der Waals surface area contributed by atoms with Gasteiger partial charge in [-0.15, -0.1) is 0 Å². The summed E-state index contributed by atoms with van der Waals surface area (Å²) in [5.41, 5.74) is 3.45. The number of pyridine rings is 2. The third-order valence-corrected chi connectivity index (χ3v) is 8.09. The van der Waals surface area contributed by atoms with Crippen LogP contribution >= 0.6 is 0 Å². The van der Waals surface area contributed by atoms with Crippen LogP contribution in [0.5, 0.6) is 0 Å². The van der Waals surface area contributed by atoms with E-state index in [0.717, 1.165) is 5.69 Å². The van der Waals surface area contributed by atoms with Gasteiger partial charge in [0.15, 0.2) is 11.5 Å². The van der Waals surface area contributed by atoms with E-state index in [2.05, 4.69) is 43.6 Å². The fraction of sp³-hybridized carbons (Fsp3) is 0.438. The van der Waals surface area contributed by atoms with Crippen molar-refractivity contribution in [1.29, 1.82) is 0 Å². The number of hydrogen-bond donors (Lipinski definition) is 3. The fourth-order valence-electron chi connectivity index (χ4n) is 5.61. The lowest BCUT2D eigenvalue weighted by Gasteiger charge is -2.40. The number of rotatable bonds is 11. The Morgan fingerprint density at radius 2 is 1.93 bits per heavy atom. The lowest BCUT2D eigenvalue weighted by molar-refractivity contribution is -0.130. The molecule has 0 unspecified atom stereocenters. The highest BCUT2D eigenvalue weighted by Gasteiger charge is 2.30. The van der Waals surface area contributed by atoms with Crippen molar-refractivity contribution in [1.82, 2.24) is 34.9 Å². The van der Waals surface area contributed by atoms with E-state index in [9.17, 15) is 14.4 Å². The second-order valence-corrected chi connectivity index (χ2v) is 11.6. The van der Waals surface area contributed by atoms with Crippen LogP contribution in [0.15, 0.2) is 49.3 Å². The molecule has 2 aliphatic rings. The first-order valence-corrected chi connectivity index (χ1v) is 15.1. The summed E-state index contributed by atoms with van der Waals surface area (Å²) in [7, 11) is 1.76. The highest BCUT2D eigenvalue weighted by atomic mass is 16.2. The van der Waals surface area contributed by atoms with E-state index in [1.54, 1.807) is 37.0 Å². The molecule has 232 valence electrons. The van der Waals surface area contributed by atoms with Gasteiger partial charge >= 0.3 is 0 Å². The summed E-state index contributed by atoms with van der Waals surface area (Å²) in [6.45, 7) is 12.3. The molecule has 3 aromatic rings. The third-order valence-electron chi connectivity index (χ3n) is 8.09. The van der Waals surface area contributed by atoms with Crippen LogP contribution in [0.4, 0.5) is 11.5 Å². The van der Waals surface area contributed by atoms with E-state index >= 15 is 0 Å². The zero-order chi connectivity index (χ0) is 31.4. The van der Waals surface area contributed by atoms with Crippen molar-refractivity contribution < 1.29 is 14.4 Å². The number of anilines is 2. The zero-order valence-electron chi connectivity index (χ0n) is 25.8. The highest BCUT2D eigenvalue weighted by molar-refractivity contribution is 6.05. The third kappa shape index (κ3) is 7.13. The van der Waals surface area contributed by atoms with Crippen LogP contribution in [0.25, 0.3) is 0 Å². The lowest BCUT2D eigenvalue weighted by atomic mass is 10.1. The van der Waals surface area contributed by atoms with Gasteiger partial charge in [0.2, 0.25) is 5.91 Å². The van der Waals surface area contributed by atoms with Gasteiger partial charge in [0, 0.05) is 64.3 Å². The first-order valence-electron chi connectivity index (χ1n) is 15.1. The fourth-order valence-corrected chi connectivity index (χ4v) is 5.61. The average molecular weight is 600 g/mol. The minimum atomic E-state index is -0.451. The topological polar surface area (TPSA) is 137 Å². The van der Waals surface area contributed by atoms with E-state index < -0.39 is 5.91 Å². The number of carbonyl (C=O) groups excluding carboxylic acids is 3. The standard InChI is InChI=1S/C32H41N9O3/c1-6-28(42)41-15-14-40(18-21(41)4)19-26(24-11-10-23(17-34-24)22-8-9-22)35-25-16-20(3)29(37-30(25)31(43)33-7-2)32(44)36-27-12-13-39(5)38-27/h6,10-13,16-17,21-22,26,35H,1,7-9,14-15,18-19H2,2-5H3,(H,33,43)(H,36,38,44)/t21-,26+/m1/s1. The monoisotopic (exact) mass is 599 g/mol. The van der Waals surface area contributed by atoms with E-state index in [0.29, 0.717) is 55.7 Å². The molecule has 5 rings (SSSR count). The Balaban J connectivity index is 1.44. The maximum Gasteiger partial charge on any atom is 0.275 e. The number of nitrogens with one attached hydrogen (secondary N) is 3. The van der Waals surface area contributed by atoms with Crippen LogP contribution in [-0.2, 0) is 11.8 Å². The van der Waals surface area contributed by atoms with Crippen LogP contribution in [-0.4, -0.2) is 86.0 Å². The van der Waals surface area contributed by atoms with E-state index in [-0.39, 0.29) is 35.3 Å². The van der Waals surface area contributed by atoms with Crippen LogP contribution in [0.1, 0.15) is 76.4 Å². The molecule has 3 amide bonds. The summed E-state index contributed by atoms with van der Waals surface area (Å²) in [5, 5.41) is 13.4. The Bertz CT molecular complexity index is 1530. The molecule has 1 saturated carbocycles. The second kappa shape index (κ2) is 13.4. The van der Waals surface area contributed by atoms with Crippen molar-refractivity contribution >= 4 is 29.2 Å². The quantitative estimate of drug-likeness (QED) is 0.286. The predicted molar refractivity (Wildman–Crippen MR) is 169 cm³/mol. The number of hydrogen-bond acceptors (Lipinski definition) is 8. The molecule has 0 aromatic carbocycles. The predicted octanol–water partition coefficient (Wildman–Crippen LogP) is 3.27. The van der Waals surface area contributed by atoms with E-state index in [1.165, 1.54) is 24.5 Å². The number of piperazine rings is 1. The van der Waals surface area contributed by atoms with E-state index in [4.69, 9.17) is 4.98 Å². The van der Waals surface area contributed by atoms with Crippen LogP contribution in [0.3, 0.4) is 0 Å². The average Bonchev–Trinajstić information content (AvgIpc) is 3.78. The van der Waals surface area contributed by atoms with Crippen LogP contribution in [0, 0.1) is 6.92 Å². The Labute approximate surface area is 257 Å². The Kier molecular flexibility index (Phi) is 9.38. The summed E-state index contributed by atoms with van der Waals surface area (Å²) in [6, 6.07) is 7.39. The summed E-state index contributed by atoms with van der Waals surface area (Å²) < 4.78 is 1.59. The van der Waals surface area contributed by atoms with Gasteiger partial charge in [-0.05, 0) is 68.9 Å². The highest BCUT2D eigenvalue weighted by Crippen LogP contribution is 2.40. The Hall–Kier alpha value is -4.58. The van der Waals surface area contributed by atoms with Crippen molar-refractivity contribution in [3.8, 4) is 0 Å². The molecule has 1 aliphatic carbocycles. The number of aromatic nitrogens is 4. The summed E-state index contributed by atoms with van der Waals surface area (Å²) in [5.74, 6) is 0.0750. The van der Waals surface area contributed by atoms with Gasteiger partial charge in [0.05, 0.1) is 17.4 Å². The Morgan fingerprint density at radius 1 is 1.14 bits per heavy atom. The zero-order valence-corrected chi connectivity index (χ0v) is 25.8. The van der Waals surface area contributed by atoms with Crippen LogP contribution < -0.4 is 16.0 Å². The normalized spacial score (nSPS) is 17.5. The smallest absolute Gasteiger partial charge is 0.275 e. The Morgan fingerprint density at radius 3 is 2.55 bits per heavy atom. The number of carbonyl (C=O) groups is 3. The minimum Gasteiger partial charge on any atom is -0.373 e. The molecule has 3 aromatic heterocycles. The molecule has 1 aliphatic heterocycles. The molecule has 44 heavy (non-hydrogen) atoms. The SMILES string of the molecule is C=CC(=O)N1CCN(C[C@H](Nc2cc(C)c(C(=O)Nc3ccn(C)n3)nc2C(=O)NCC)c2ccc(C3CC3)cn2)C[C@H]1C. The summed E-state index contributed by atoms with van der Waals surface area (Å²) in [6.07, 6.45) is 7.42. The van der Waals surface area contributed by atoms with Crippen molar-refractivity contribution in [3.05, 3.63) is 77.5 Å². The van der Waals surface area contributed by atoms with Crippen LogP contribution in [0.2, 0.25) is 0 Å². The lowest BCUT2D eigenvalue weighted by Crippen LogP contribution is -2.54. The molecule has 12 heteroatoms. The number of aryl methyl sites for hydroxylation is 2. The van der Waals surface area contributed by atoms with Crippen molar-refractivity contribution in [2.75, 3.05) is 43.4 Å². The van der Waals surface area contributed by atoms with Gasteiger partial charge < -0.3 is 20.9 Å². The maximum atomic E-state index is 13.3. The van der Waals surface area contributed by atoms with Crippen molar-refractivity contribution in [2.45, 2.75) is 51.6 Å². The second-order valence-electron chi connectivity index (χ2n) is 11.6. The molecule has 2 atom stereocenters. The molecular weight excluding hydrogens is 558 g/mol. The van der Waals surface area contributed by atoms with Gasteiger partial charge in [-0.3, -0.25) is 28.9 Å². The maximum absolute atomic E-state index is 13.3. The van der Waals surface area contributed by atoms with Gasteiger partial charge in [0.25, 0.3) is 11.8 Å². The largest absolute Gasteiger partial charge is 0.373 e. The number of amides is 3. The molecule has 3 N–H and O–H groups in total. The van der Waals surface area contributed by atoms with Gasteiger partial charge in [-0.2, -0.15) is 5.10 Å². The molecule has 0 spiro atoms. The molecule has 0 bridgehead atoms. The molecule has 0 radical (unpaired) electrons. The minimum absolute atomic E-state index is 0.0202. The van der Waals surface area contributed by atoms with Gasteiger partial charge in [-0.1, -0.05) is 12.6 Å². The molecule has 1 saturated heterocycles. The van der Waals surface area contributed by atoms with Gasteiger partial charge in [0.1, 0.15) is 5.69 Å². The molecule has 12 nitrogen and oxygen atoms in total. The van der Waals surface area contributed by atoms with E-state index in [1.807, 2.05) is 31.0 Å². The number of nitrogens with zero attached hydrogens (tertiary/aromatic N) is 6. The summed E-state index contributed by atoms with van der Waals surface area (Å²) in [4.78, 5) is 52.3. The first-order chi connectivity index (χ1) is 21.2. The van der Waals surface area contributed by atoms with Gasteiger partial charge in [-0.25, -0.2) is 4.98 Å². The molecule has 2 fully saturated rings. The van der Waals surface area contributed by atoms with Crippen molar-refractivity contribution in [2.24, 2.45) is 7.05 Å². The van der Waals surface area contributed by atoms with Crippen molar-refractivity contribution in [3.63, 3.8) is 0 Å².